The summed E-state index contributed by atoms with van der Waals surface area (Å²) in [6.45, 7) is 4.49. The molecule has 4 rings (SSSR count). The standard InChI is InChI=1S/C23H26N2O3S/c1-19-7-9-23(10-8-19)29(26,27)25(21-5-3-2-4-6-21)22-11-14-24(15-12-22)17-20-13-16-28-18-20/h2-10,13,16,18,22H,11-12,14-15,17H2,1H3. The molecule has 1 saturated heterocycles. The second kappa shape index (κ2) is 8.43. The van der Waals surface area contributed by atoms with Gasteiger partial charge in [-0.15, -0.1) is 0 Å². The predicted molar refractivity (Wildman–Crippen MR) is 114 cm³/mol. The number of rotatable bonds is 6. The van der Waals surface area contributed by atoms with Crippen LogP contribution in [0.15, 0.2) is 82.5 Å². The van der Waals surface area contributed by atoms with Crippen LogP contribution >= 0.6 is 0 Å². The molecule has 0 saturated carbocycles. The van der Waals surface area contributed by atoms with Crippen LogP contribution in [0.3, 0.4) is 0 Å². The van der Waals surface area contributed by atoms with Gasteiger partial charge in [0.25, 0.3) is 10.0 Å². The van der Waals surface area contributed by atoms with Crippen molar-refractivity contribution in [3.8, 4) is 0 Å². The molecular formula is C23H26N2O3S. The first-order valence-electron chi connectivity index (χ1n) is 9.93. The van der Waals surface area contributed by atoms with Crippen molar-refractivity contribution in [2.24, 2.45) is 0 Å². The molecule has 0 unspecified atom stereocenters. The molecule has 0 aliphatic carbocycles. The van der Waals surface area contributed by atoms with E-state index in [-0.39, 0.29) is 6.04 Å². The van der Waals surface area contributed by atoms with Gasteiger partial charge in [-0.25, -0.2) is 8.42 Å². The third-order valence-corrected chi connectivity index (χ3v) is 7.36. The molecule has 2 heterocycles. The average molecular weight is 411 g/mol. The van der Waals surface area contributed by atoms with E-state index in [2.05, 4.69) is 4.90 Å². The van der Waals surface area contributed by atoms with Crippen LogP contribution in [0, 0.1) is 6.92 Å². The molecule has 29 heavy (non-hydrogen) atoms. The molecule has 0 radical (unpaired) electrons. The van der Waals surface area contributed by atoms with Gasteiger partial charge < -0.3 is 4.42 Å². The number of hydrogen-bond donors (Lipinski definition) is 0. The lowest BCUT2D eigenvalue weighted by atomic mass is 10.0. The second-order valence-electron chi connectivity index (χ2n) is 7.59. The summed E-state index contributed by atoms with van der Waals surface area (Å²) in [6, 6.07) is 18.5. The minimum atomic E-state index is -3.64. The van der Waals surface area contributed by atoms with Crippen molar-refractivity contribution in [1.82, 2.24) is 4.90 Å². The Hall–Kier alpha value is -2.57. The fourth-order valence-electron chi connectivity index (χ4n) is 3.90. The zero-order valence-corrected chi connectivity index (χ0v) is 17.4. The van der Waals surface area contributed by atoms with Gasteiger partial charge in [-0.1, -0.05) is 35.9 Å². The zero-order valence-electron chi connectivity index (χ0n) is 16.6. The summed E-state index contributed by atoms with van der Waals surface area (Å²) in [4.78, 5) is 2.69. The van der Waals surface area contributed by atoms with Crippen LogP contribution in [0.5, 0.6) is 0 Å². The Bertz CT molecular complexity index is 1010. The van der Waals surface area contributed by atoms with E-state index < -0.39 is 10.0 Å². The fourth-order valence-corrected chi connectivity index (χ4v) is 5.61. The van der Waals surface area contributed by atoms with Gasteiger partial charge in [0.15, 0.2) is 0 Å². The highest BCUT2D eigenvalue weighted by Gasteiger charge is 2.34. The lowest BCUT2D eigenvalue weighted by Gasteiger charge is -2.39. The number of piperidine rings is 1. The van der Waals surface area contributed by atoms with Crippen LogP contribution in [0.2, 0.25) is 0 Å². The molecule has 0 N–H and O–H groups in total. The van der Waals surface area contributed by atoms with E-state index in [1.807, 2.05) is 55.5 Å². The summed E-state index contributed by atoms with van der Waals surface area (Å²) in [7, 11) is -3.64. The van der Waals surface area contributed by atoms with E-state index in [0.717, 1.165) is 49.3 Å². The molecular weight excluding hydrogens is 384 g/mol. The number of sulfonamides is 1. The van der Waals surface area contributed by atoms with E-state index in [4.69, 9.17) is 4.42 Å². The molecule has 1 aromatic heterocycles. The van der Waals surface area contributed by atoms with Gasteiger partial charge in [-0.3, -0.25) is 9.21 Å². The van der Waals surface area contributed by atoms with Gasteiger partial charge in [0.05, 0.1) is 23.1 Å². The summed E-state index contributed by atoms with van der Waals surface area (Å²) in [5.74, 6) is 0. The average Bonchev–Trinajstić information content (AvgIpc) is 3.24. The quantitative estimate of drug-likeness (QED) is 0.603. The topological polar surface area (TPSA) is 53.8 Å². The van der Waals surface area contributed by atoms with E-state index in [1.165, 1.54) is 0 Å². The molecule has 6 heteroatoms. The summed E-state index contributed by atoms with van der Waals surface area (Å²) in [6.07, 6.45) is 5.03. The highest BCUT2D eigenvalue weighted by atomic mass is 32.2. The van der Waals surface area contributed by atoms with Crippen molar-refractivity contribution < 1.29 is 12.8 Å². The molecule has 0 amide bonds. The maximum atomic E-state index is 13.6. The normalized spacial score (nSPS) is 16.0. The van der Waals surface area contributed by atoms with Crippen molar-refractivity contribution in [3.63, 3.8) is 0 Å². The summed E-state index contributed by atoms with van der Waals surface area (Å²) in [5.41, 5.74) is 2.92. The van der Waals surface area contributed by atoms with Crippen molar-refractivity contribution in [2.45, 2.75) is 37.2 Å². The molecule has 152 valence electrons. The van der Waals surface area contributed by atoms with E-state index >= 15 is 0 Å². The maximum Gasteiger partial charge on any atom is 0.264 e. The Morgan fingerprint density at radius 2 is 1.69 bits per heavy atom. The summed E-state index contributed by atoms with van der Waals surface area (Å²) < 4.78 is 34.0. The van der Waals surface area contributed by atoms with Gasteiger partial charge in [0.1, 0.15) is 0 Å². The smallest absolute Gasteiger partial charge is 0.264 e. The summed E-state index contributed by atoms with van der Waals surface area (Å²) >= 11 is 0. The molecule has 0 bridgehead atoms. The van der Waals surface area contributed by atoms with Crippen LogP contribution in [0.4, 0.5) is 5.69 Å². The number of nitrogens with zero attached hydrogens (tertiary/aromatic N) is 2. The molecule has 3 aromatic rings. The van der Waals surface area contributed by atoms with Crippen molar-refractivity contribution in [3.05, 3.63) is 84.3 Å². The highest BCUT2D eigenvalue weighted by Crippen LogP contribution is 2.30. The zero-order chi connectivity index (χ0) is 20.3. The van der Waals surface area contributed by atoms with E-state index in [1.54, 1.807) is 29.0 Å². The molecule has 1 aliphatic heterocycles. The van der Waals surface area contributed by atoms with Gasteiger partial charge in [-0.05, 0) is 50.1 Å². The van der Waals surface area contributed by atoms with Crippen LogP contribution < -0.4 is 4.31 Å². The number of para-hydroxylation sites is 1. The number of benzene rings is 2. The first-order valence-corrected chi connectivity index (χ1v) is 11.4. The molecule has 2 aromatic carbocycles. The number of aryl methyl sites for hydroxylation is 1. The Morgan fingerprint density at radius 1 is 1.00 bits per heavy atom. The number of anilines is 1. The molecule has 1 fully saturated rings. The van der Waals surface area contributed by atoms with Crippen molar-refractivity contribution >= 4 is 15.7 Å². The Balaban J connectivity index is 1.58. The predicted octanol–water partition coefficient (Wildman–Crippen LogP) is 4.45. The fraction of sp³-hybridized carbons (Fsp3) is 0.304. The number of likely N-dealkylation sites (tertiary alicyclic amines) is 1. The second-order valence-corrected chi connectivity index (χ2v) is 9.40. The number of hydrogen-bond acceptors (Lipinski definition) is 4. The van der Waals surface area contributed by atoms with Crippen molar-refractivity contribution in [1.29, 1.82) is 0 Å². The lowest BCUT2D eigenvalue weighted by molar-refractivity contribution is 0.206. The van der Waals surface area contributed by atoms with Gasteiger partial charge in [0, 0.05) is 31.2 Å². The van der Waals surface area contributed by atoms with Gasteiger partial charge in [0.2, 0.25) is 0 Å². The van der Waals surface area contributed by atoms with Crippen LogP contribution in [-0.4, -0.2) is 32.4 Å². The molecule has 0 atom stereocenters. The van der Waals surface area contributed by atoms with Gasteiger partial charge >= 0.3 is 0 Å². The highest BCUT2D eigenvalue weighted by molar-refractivity contribution is 7.92. The monoisotopic (exact) mass is 410 g/mol. The third-order valence-electron chi connectivity index (χ3n) is 5.46. The van der Waals surface area contributed by atoms with Crippen LogP contribution in [0.1, 0.15) is 24.0 Å². The Kier molecular flexibility index (Phi) is 5.74. The Labute approximate surface area is 172 Å². The molecule has 5 nitrogen and oxygen atoms in total. The van der Waals surface area contributed by atoms with E-state index in [0.29, 0.717) is 4.90 Å². The Morgan fingerprint density at radius 3 is 2.31 bits per heavy atom. The van der Waals surface area contributed by atoms with E-state index in [9.17, 15) is 8.42 Å². The molecule has 1 aliphatic rings. The van der Waals surface area contributed by atoms with Gasteiger partial charge in [-0.2, -0.15) is 0 Å². The summed E-state index contributed by atoms with van der Waals surface area (Å²) in [5, 5.41) is 0. The SMILES string of the molecule is Cc1ccc(S(=O)(=O)N(c2ccccc2)C2CCN(Cc3ccoc3)CC2)cc1. The minimum absolute atomic E-state index is 0.0655. The van der Waals surface area contributed by atoms with Crippen molar-refractivity contribution in [2.75, 3.05) is 17.4 Å². The maximum absolute atomic E-state index is 13.6. The minimum Gasteiger partial charge on any atom is -0.472 e. The molecule has 0 spiro atoms. The first kappa shape index (κ1) is 19.7. The first-order chi connectivity index (χ1) is 14.0. The largest absolute Gasteiger partial charge is 0.472 e. The van der Waals surface area contributed by atoms with Crippen LogP contribution in [-0.2, 0) is 16.6 Å². The number of furan rings is 1. The third kappa shape index (κ3) is 4.38. The van der Waals surface area contributed by atoms with Crippen LogP contribution in [0.25, 0.3) is 0 Å². The lowest BCUT2D eigenvalue weighted by Crippen LogP contribution is -2.47.